The first kappa shape index (κ1) is 25.0. The molecule has 32 heavy (non-hydrogen) atoms. The maximum Gasteiger partial charge on any atom is 0.316 e. The van der Waals surface area contributed by atoms with Crippen LogP contribution in [0.5, 0.6) is 0 Å². The quantitative estimate of drug-likeness (QED) is 0.293. The summed E-state index contributed by atoms with van der Waals surface area (Å²) in [6.07, 6.45) is 1.69. The van der Waals surface area contributed by atoms with E-state index >= 15 is 0 Å². The maximum absolute atomic E-state index is 12.7. The number of pyridine rings is 1. The van der Waals surface area contributed by atoms with Crippen LogP contribution >= 0.6 is 11.3 Å². The molecule has 3 aromatic rings. The molecule has 0 saturated carbocycles. The Morgan fingerprint density at radius 3 is 2.41 bits per heavy atom. The highest BCUT2D eigenvalue weighted by Gasteiger charge is 2.30. The van der Waals surface area contributed by atoms with Crippen LogP contribution in [0, 0.1) is 30.6 Å². The topological polar surface area (TPSA) is 93.7 Å². The number of carbonyl (C=O) groups excluding carboxylic acids is 1. The van der Waals surface area contributed by atoms with Crippen molar-refractivity contribution in [1.82, 2.24) is 19.7 Å². The van der Waals surface area contributed by atoms with Gasteiger partial charge in [-0.2, -0.15) is 10.4 Å². The minimum absolute atomic E-state index is 0.179. The second-order valence-electron chi connectivity index (χ2n) is 7.88. The Kier molecular flexibility index (Phi) is 8.06. The number of rotatable bonds is 4. The molecular weight excluding hydrogens is 422 g/mol. The van der Waals surface area contributed by atoms with Crippen molar-refractivity contribution in [3.8, 4) is 16.8 Å². The van der Waals surface area contributed by atoms with E-state index in [9.17, 15) is 10.1 Å². The maximum atomic E-state index is 12.7. The Morgan fingerprint density at radius 1 is 1.22 bits per heavy atom. The molecule has 0 N–H and O–H groups in total. The normalized spacial score (nSPS) is 11.7. The molecule has 0 radical (unpaired) electrons. The zero-order chi connectivity index (χ0) is 24.1. The van der Waals surface area contributed by atoms with Crippen LogP contribution in [0.15, 0.2) is 29.8 Å². The zero-order valence-corrected chi connectivity index (χ0v) is 20.7. The Bertz CT molecular complexity index is 1160. The number of nitrogens with zero attached hydrogens (tertiary/aromatic N) is 5. The van der Waals surface area contributed by atoms with E-state index in [2.05, 4.69) is 21.1 Å². The fourth-order valence-corrected chi connectivity index (χ4v) is 3.58. The van der Waals surface area contributed by atoms with Gasteiger partial charge in [0.2, 0.25) is 0 Å². The molecule has 0 aliphatic heterocycles. The Morgan fingerprint density at radius 2 is 1.91 bits per heavy atom. The van der Waals surface area contributed by atoms with Gasteiger partial charge in [0, 0.05) is 24.3 Å². The predicted molar refractivity (Wildman–Crippen MR) is 127 cm³/mol. The molecule has 168 valence electrons. The lowest BCUT2D eigenvalue weighted by atomic mass is 9.97. The zero-order valence-electron chi connectivity index (χ0n) is 19.8. The van der Waals surface area contributed by atoms with Crippen molar-refractivity contribution in [2.75, 3.05) is 0 Å². The van der Waals surface area contributed by atoms with Crippen molar-refractivity contribution < 1.29 is 9.53 Å². The van der Waals surface area contributed by atoms with Gasteiger partial charge in [0.05, 0.1) is 28.1 Å². The van der Waals surface area contributed by atoms with E-state index in [0.717, 1.165) is 5.69 Å². The Labute approximate surface area is 193 Å². The summed E-state index contributed by atoms with van der Waals surface area (Å²) in [4.78, 5) is 21.6. The van der Waals surface area contributed by atoms with E-state index in [1.807, 2.05) is 52.9 Å². The summed E-state index contributed by atoms with van der Waals surface area (Å²) in [6, 6.07) is 7.76. The molecule has 0 aliphatic carbocycles. The lowest BCUT2D eigenvalue weighted by Crippen LogP contribution is -2.23. The van der Waals surface area contributed by atoms with Crippen molar-refractivity contribution in [1.29, 1.82) is 5.26 Å². The summed E-state index contributed by atoms with van der Waals surface area (Å²) in [6.45, 7) is 13.0. The third kappa shape index (κ3) is 5.29. The Balaban J connectivity index is 0.00000176. The number of hydrogen-bond acceptors (Lipinski definition) is 7. The smallest absolute Gasteiger partial charge is 0.316 e. The summed E-state index contributed by atoms with van der Waals surface area (Å²) < 4.78 is 7.51. The van der Waals surface area contributed by atoms with Gasteiger partial charge in [-0.05, 0) is 46.8 Å². The van der Waals surface area contributed by atoms with E-state index in [-0.39, 0.29) is 11.3 Å². The third-order valence-electron chi connectivity index (χ3n) is 4.53. The summed E-state index contributed by atoms with van der Waals surface area (Å²) in [7, 11) is 1.81. The van der Waals surface area contributed by atoms with Crippen molar-refractivity contribution in [2.45, 2.75) is 48.5 Å². The highest BCUT2D eigenvalue weighted by Crippen LogP contribution is 2.34. The molecule has 0 saturated heterocycles. The number of esters is 1. The van der Waals surface area contributed by atoms with Crippen molar-refractivity contribution >= 4 is 28.6 Å². The van der Waals surface area contributed by atoms with E-state index in [1.165, 1.54) is 11.3 Å². The van der Waals surface area contributed by atoms with Gasteiger partial charge in [-0.15, -0.1) is 11.3 Å². The lowest BCUT2D eigenvalue weighted by Gasteiger charge is -2.19. The van der Waals surface area contributed by atoms with Crippen LogP contribution < -0.4 is 0 Å². The molecular formula is C24H29N5O2S. The van der Waals surface area contributed by atoms with Gasteiger partial charge in [0.25, 0.3) is 0 Å². The molecule has 3 heterocycles. The molecule has 3 rings (SSSR count). The van der Waals surface area contributed by atoms with Crippen LogP contribution in [-0.2, 0) is 16.6 Å². The fourth-order valence-electron chi connectivity index (χ4n) is 2.79. The van der Waals surface area contributed by atoms with Crippen LogP contribution in [0.3, 0.4) is 0 Å². The molecule has 8 heteroatoms. The highest BCUT2D eigenvalue weighted by atomic mass is 32.1. The van der Waals surface area contributed by atoms with Crippen molar-refractivity contribution in [3.05, 3.63) is 52.4 Å². The largest absolute Gasteiger partial charge is 0.424 e. The van der Waals surface area contributed by atoms with Gasteiger partial charge in [0.1, 0.15) is 16.6 Å². The molecule has 0 fully saturated rings. The van der Waals surface area contributed by atoms with Gasteiger partial charge in [0.15, 0.2) is 5.76 Å². The van der Waals surface area contributed by atoms with Gasteiger partial charge in [-0.1, -0.05) is 19.9 Å². The van der Waals surface area contributed by atoms with E-state index in [1.54, 1.807) is 37.0 Å². The summed E-state index contributed by atoms with van der Waals surface area (Å²) in [5, 5.41) is 16.9. The molecule has 0 aliphatic rings. The number of allylic oxidation sites excluding steroid dienone is 1. The second-order valence-corrected chi connectivity index (χ2v) is 8.74. The first-order chi connectivity index (χ1) is 15.1. The molecule has 0 spiro atoms. The average Bonchev–Trinajstić information content (AvgIpc) is 3.34. The highest BCUT2D eigenvalue weighted by molar-refractivity contribution is 7.13. The van der Waals surface area contributed by atoms with Crippen LogP contribution in [0.2, 0.25) is 0 Å². The number of aromatic nitrogens is 4. The van der Waals surface area contributed by atoms with Gasteiger partial charge in [-0.25, -0.2) is 4.98 Å². The molecule has 0 aromatic carbocycles. The number of aryl methyl sites for hydroxylation is 2. The first-order valence-corrected chi connectivity index (χ1v) is 11.3. The number of hydrogen-bond donors (Lipinski definition) is 0. The van der Waals surface area contributed by atoms with Crippen LogP contribution in [0.1, 0.15) is 57.3 Å². The van der Waals surface area contributed by atoms with Crippen molar-refractivity contribution in [2.24, 2.45) is 12.5 Å². The predicted octanol–water partition coefficient (Wildman–Crippen LogP) is 5.56. The summed E-state index contributed by atoms with van der Waals surface area (Å²) in [5.41, 5.74) is 2.67. The number of carbonyl (C=O) groups is 1. The second kappa shape index (κ2) is 10.3. The van der Waals surface area contributed by atoms with Crippen LogP contribution in [-0.4, -0.2) is 25.7 Å². The van der Waals surface area contributed by atoms with E-state index in [4.69, 9.17) is 4.74 Å². The number of ether oxygens (including phenoxy) is 1. The van der Waals surface area contributed by atoms with Crippen molar-refractivity contribution in [3.63, 3.8) is 0 Å². The first-order valence-electron chi connectivity index (χ1n) is 10.4. The summed E-state index contributed by atoms with van der Waals surface area (Å²) in [5.74, 6) is -0.258. The lowest BCUT2D eigenvalue weighted by molar-refractivity contribution is -0.145. The minimum Gasteiger partial charge on any atom is -0.424 e. The van der Waals surface area contributed by atoms with Crippen LogP contribution in [0.25, 0.3) is 22.0 Å². The Hall–Kier alpha value is -3.31. The van der Waals surface area contributed by atoms with E-state index in [0.29, 0.717) is 27.7 Å². The van der Waals surface area contributed by atoms with Gasteiger partial charge < -0.3 is 4.74 Å². The molecule has 3 aromatic heterocycles. The monoisotopic (exact) mass is 451 g/mol. The summed E-state index contributed by atoms with van der Waals surface area (Å²) >= 11 is 1.38. The van der Waals surface area contributed by atoms with Crippen LogP contribution in [0.4, 0.5) is 0 Å². The third-order valence-corrected chi connectivity index (χ3v) is 5.39. The number of nitriles is 1. The van der Waals surface area contributed by atoms with Gasteiger partial charge in [-0.3, -0.25) is 14.5 Å². The number of thiazole rings is 1. The minimum atomic E-state index is -0.739. The van der Waals surface area contributed by atoms with E-state index < -0.39 is 11.4 Å². The fraction of sp³-hybridized carbons (Fsp3) is 0.375. The molecule has 0 amide bonds. The molecule has 0 bridgehead atoms. The molecule has 0 unspecified atom stereocenters. The average molecular weight is 452 g/mol. The van der Waals surface area contributed by atoms with Gasteiger partial charge >= 0.3 is 5.97 Å². The molecule has 7 nitrogen and oxygen atoms in total. The molecule has 0 atom stereocenters. The SMILES string of the molecule is CC.Cc1nn(C)c(C)c1/C(OC(=O)C(C)(C)C)=C(\C#N)c1csc(-c2ccccn2)n1. The standard InChI is InChI=1S/C22H23N5O2S.C2H6/c1-13-18(14(2)27(6)26-13)19(29-21(28)22(3,4)5)15(11-23)17-12-30-20(25-17)16-9-7-8-10-24-16;1-2/h7-10,12H,1-6H3;1-2H3/b19-15-;.